The number of halogens is 2. The molecule has 0 saturated carbocycles. The van der Waals surface area contributed by atoms with Crippen LogP contribution >= 0.6 is 23.2 Å². The first-order chi connectivity index (χ1) is 10.0. The minimum Gasteiger partial charge on any atom is -0.494 e. The van der Waals surface area contributed by atoms with E-state index < -0.39 is 5.97 Å². The summed E-state index contributed by atoms with van der Waals surface area (Å²) in [6, 6.07) is 4.52. The number of methoxy groups -OCH3 is 1. The smallest absolute Gasteiger partial charge is 0.371 e. The van der Waals surface area contributed by atoms with E-state index in [2.05, 4.69) is 5.16 Å². The van der Waals surface area contributed by atoms with Gasteiger partial charge in [0.25, 0.3) is 0 Å². The Morgan fingerprint density at radius 1 is 1.29 bits per heavy atom. The van der Waals surface area contributed by atoms with E-state index in [0.717, 1.165) is 0 Å². The zero-order valence-corrected chi connectivity index (χ0v) is 12.3. The van der Waals surface area contributed by atoms with Gasteiger partial charge in [0.05, 0.1) is 29.0 Å². The lowest BCUT2D eigenvalue weighted by Crippen LogP contribution is -2.15. The van der Waals surface area contributed by atoms with Crippen molar-refractivity contribution < 1.29 is 18.8 Å². The van der Waals surface area contributed by atoms with Gasteiger partial charge in [-0.05, 0) is 18.2 Å². The number of carbonyl (C=O) groups excluding carboxylic acids is 1. The van der Waals surface area contributed by atoms with Crippen LogP contribution in [0.25, 0.3) is 0 Å². The average Bonchev–Trinajstić information content (AvgIpc) is 3.00. The molecule has 1 heterocycles. The summed E-state index contributed by atoms with van der Waals surface area (Å²) in [4.78, 5) is 16.8. The van der Waals surface area contributed by atoms with Gasteiger partial charge in [0.2, 0.25) is 0 Å². The third kappa shape index (κ3) is 3.29. The third-order valence-corrected chi connectivity index (χ3v) is 3.12. The van der Waals surface area contributed by atoms with Crippen LogP contribution in [0.5, 0.6) is 5.75 Å². The van der Waals surface area contributed by atoms with Crippen LogP contribution in [0, 0.1) is 0 Å². The SMILES string of the molecule is COc1c(Cl)ccc(Cl)c1C(=O)O/N=C(\N)c1ccoc1. The molecule has 0 fully saturated rings. The van der Waals surface area contributed by atoms with Crippen LogP contribution in [0.3, 0.4) is 0 Å². The van der Waals surface area contributed by atoms with Gasteiger partial charge in [0, 0.05) is 0 Å². The highest BCUT2D eigenvalue weighted by Crippen LogP contribution is 2.34. The molecule has 0 aliphatic rings. The van der Waals surface area contributed by atoms with Crippen LogP contribution in [0.2, 0.25) is 10.0 Å². The molecule has 0 aliphatic heterocycles. The van der Waals surface area contributed by atoms with Crippen molar-refractivity contribution in [2.24, 2.45) is 10.9 Å². The van der Waals surface area contributed by atoms with E-state index in [9.17, 15) is 4.79 Å². The first-order valence-corrected chi connectivity index (χ1v) is 6.39. The topological polar surface area (TPSA) is 87.0 Å². The summed E-state index contributed by atoms with van der Waals surface area (Å²) in [5, 5.41) is 3.86. The van der Waals surface area contributed by atoms with Crippen LogP contribution in [0.4, 0.5) is 0 Å². The highest BCUT2D eigenvalue weighted by atomic mass is 35.5. The molecule has 0 saturated heterocycles. The summed E-state index contributed by atoms with van der Waals surface area (Å²) in [5.41, 5.74) is 6.07. The molecular weight excluding hydrogens is 319 g/mol. The Morgan fingerprint density at radius 2 is 2.00 bits per heavy atom. The molecule has 2 rings (SSSR count). The van der Waals surface area contributed by atoms with Crippen LogP contribution in [0.15, 0.2) is 40.3 Å². The molecule has 0 radical (unpaired) electrons. The maximum Gasteiger partial charge on any atom is 0.371 e. The molecule has 0 aliphatic carbocycles. The van der Waals surface area contributed by atoms with Crippen molar-refractivity contribution in [1.29, 1.82) is 0 Å². The van der Waals surface area contributed by atoms with Gasteiger partial charge >= 0.3 is 5.97 Å². The number of hydrogen-bond donors (Lipinski definition) is 1. The highest BCUT2D eigenvalue weighted by molar-refractivity contribution is 6.37. The molecule has 0 atom stereocenters. The third-order valence-electron chi connectivity index (χ3n) is 2.51. The van der Waals surface area contributed by atoms with Gasteiger partial charge in [-0.3, -0.25) is 0 Å². The second kappa shape index (κ2) is 6.51. The molecule has 0 bridgehead atoms. The van der Waals surface area contributed by atoms with E-state index in [4.69, 9.17) is 42.9 Å². The number of benzene rings is 1. The second-order valence-electron chi connectivity index (χ2n) is 3.80. The summed E-state index contributed by atoms with van der Waals surface area (Å²) < 4.78 is 9.88. The molecule has 8 heteroatoms. The average molecular weight is 329 g/mol. The molecule has 1 aromatic heterocycles. The van der Waals surface area contributed by atoms with Crippen molar-refractivity contribution in [3.63, 3.8) is 0 Å². The molecule has 110 valence electrons. The van der Waals surface area contributed by atoms with Gasteiger partial charge in [-0.2, -0.15) is 0 Å². The predicted octanol–water partition coefficient (Wildman–Crippen LogP) is 3.07. The largest absolute Gasteiger partial charge is 0.494 e. The lowest BCUT2D eigenvalue weighted by molar-refractivity contribution is 0.0512. The molecule has 0 spiro atoms. The van der Waals surface area contributed by atoms with Gasteiger partial charge in [-0.25, -0.2) is 4.79 Å². The Hall–Kier alpha value is -2.18. The first kappa shape index (κ1) is 15.2. The molecule has 6 nitrogen and oxygen atoms in total. The standard InChI is InChI=1S/C13H10Cl2N2O4/c1-19-11-9(15)3-2-8(14)10(11)13(18)21-17-12(16)7-4-5-20-6-7/h2-6H,1H3,(H2,16,17). The Bertz CT molecular complexity index is 684. The zero-order chi connectivity index (χ0) is 15.4. The fourth-order valence-corrected chi connectivity index (χ4v) is 1.98. The second-order valence-corrected chi connectivity index (χ2v) is 4.62. The monoisotopic (exact) mass is 328 g/mol. The molecule has 2 N–H and O–H groups in total. The molecule has 0 unspecified atom stereocenters. The molecule has 21 heavy (non-hydrogen) atoms. The van der Waals surface area contributed by atoms with Crippen molar-refractivity contribution in [3.8, 4) is 5.75 Å². The van der Waals surface area contributed by atoms with E-state index in [-0.39, 0.29) is 27.2 Å². The lowest BCUT2D eigenvalue weighted by atomic mass is 10.2. The molecule has 2 aromatic rings. The van der Waals surface area contributed by atoms with Crippen molar-refractivity contribution in [1.82, 2.24) is 0 Å². The van der Waals surface area contributed by atoms with Crippen LogP contribution in [-0.4, -0.2) is 18.9 Å². The summed E-state index contributed by atoms with van der Waals surface area (Å²) in [5.74, 6) is -0.758. The fraction of sp³-hybridized carbons (Fsp3) is 0.0769. The summed E-state index contributed by atoms with van der Waals surface area (Å²) in [7, 11) is 1.36. The van der Waals surface area contributed by atoms with Crippen LogP contribution in [0.1, 0.15) is 15.9 Å². The van der Waals surface area contributed by atoms with Crippen LogP contribution in [-0.2, 0) is 4.84 Å². The van der Waals surface area contributed by atoms with E-state index in [1.807, 2.05) is 0 Å². The van der Waals surface area contributed by atoms with E-state index in [1.54, 1.807) is 6.07 Å². The maximum absolute atomic E-state index is 12.0. The first-order valence-electron chi connectivity index (χ1n) is 5.64. The van der Waals surface area contributed by atoms with Gasteiger partial charge in [0.15, 0.2) is 11.6 Å². The van der Waals surface area contributed by atoms with E-state index >= 15 is 0 Å². The number of carbonyl (C=O) groups is 1. The van der Waals surface area contributed by atoms with Gasteiger partial charge in [-0.15, -0.1) is 0 Å². The Morgan fingerprint density at radius 3 is 2.62 bits per heavy atom. The number of oxime groups is 1. The minimum absolute atomic E-state index is 0.0192. The fourth-order valence-electron chi connectivity index (χ4n) is 1.52. The zero-order valence-electron chi connectivity index (χ0n) is 10.8. The lowest BCUT2D eigenvalue weighted by Gasteiger charge is -2.09. The number of rotatable bonds is 4. The van der Waals surface area contributed by atoms with Crippen molar-refractivity contribution in [2.75, 3.05) is 7.11 Å². The summed E-state index contributed by atoms with van der Waals surface area (Å²) in [6.07, 6.45) is 2.77. The van der Waals surface area contributed by atoms with Gasteiger partial charge in [-0.1, -0.05) is 28.4 Å². The van der Waals surface area contributed by atoms with Crippen molar-refractivity contribution in [3.05, 3.63) is 51.9 Å². The number of ether oxygens (including phenoxy) is 1. The van der Waals surface area contributed by atoms with E-state index in [1.165, 1.54) is 31.8 Å². The number of amidine groups is 1. The van der Waals surface area contributed by atoms with Crippen molar-refractivity contribution >= 4 is 35.0 Å². The molecule has 1 aromatic carbocycles. The Balaban J connectivity index is 2.25. The van der Waals surface area contributed by atoms with Gasteiger partial charge < -0.3 is 19.7 Å². The Labute approximate surface area is 130 Å². The van der Waals surface area contributed by atoms with Gasteiger partial charge in [0.1, 0.15) is 11.8 Å². The van der Waals surface area contributed by atoms with E-state index in [0.29, 0.717) is 5.56 Å². The molecule has 0 amide bonds. The highest BCUT2D eigenvalue weighted by Gasteiger charge is 2.21. The number of nitrogens with zero attached hydrogens (tertiary/aromatic N) is 1. The van der Waals surface area contributed by atoms with Crippen LogP contribution < -0.4 is 10.5 Å². The minimum atomic E-state index is -0.842. The normalized spacial score (nSPS) is 11.3. The Kier molecular flexibility index (Phi) is 4.72. The predicted molar refractivity (Wildman–Crippen MR) is 77.9 cm³/mol. The number of nitrogens with two attached hydrogens (primary N) is 1. The number of furan rings is 1. The quantitative estimate of drug-likeness (QED) is 0.403. The summed E-state index contributed by atoms with van der Waals surface area (Å²) >= 11 is 11.9. The van der Waals surface area contributed by atoms with Crippen molar-refractivity contribution in [2.45, 2.75) is 0 Å². The maximum atomic E-state index is 12.0. The summed E-state index contributed by atoms with van der Waals surface area (Å²) in [6.45, 7) is 0. The number of hydrogen-bond acceptors (Lipinski definition) is 5. The molecular formula is C13H10Cl2N2O4.